The van der Waals surface area contributed by atoms with Crippen LogP contribution in [0.15, 0.2) is 10.9 Å². The van der Waals surface area contributed by atoms with Gasteiger partial charge in [-0.1, -0.05) is 6.92 Å². The molecule has 0 bridgehead atoms. The maximum Gasteiger partial charge on any atom is 0.252 e. The Kier molecular flexibility index (Phi) is 4.36. The van der Waals surface area contributed by atoms with Crippen molar-refractivity contribution in [1.82, 2.24) is 14.9 Å². The number of nitrogens with one attached hydrogen (secondary N) is 2. The van der Waals surface area contributed by atoms with E-state index in [-0.39, 0.29) is 5.56 Å². The van der Waals surface area contributed by atoms with Gasteiger partial charge >= 0.3 is 0 Å². The lowest BCUT2D eigenvalue weighted by Gasteiger charge is -2.20. The van der Waals surface area contributed by atoms with Gasteiger partial charge in [0.05, 0.1) is 0 Å². The molecule has 0 aromatic carbocycles. The molecule has 100 valence electrons. The fourth-order valence-electron chi connectivity index (χ4n) is 2.42. The van der Waals surface area contributed by atoms with Crippen molar-refractivity contribution in [1.29, 1.82) is 0 Å². The van der Waals surface area contributed by atoms with E-state index in [1.54, 1.807) is 6.92 Å². The third-order valence-corrected chi connectivity index (χ3v) is 3.26. The van der Waals surface area contributed by atoms with Gasteiger partial charge in [-0.2, -0.15) is 0 Å². The summed E-state index contributed by atoms with van der Waals surface area (Å²) >= 11 is 0. The minimum atomic E-state index is -0.0998. The topological polar surface area (TPSA) is 61.0 Å². The highest BCUT2D eigenvalue weighted by atomic mass is 16.1. The third kappa shape index (κ3) is 3.84. The molecule has 1 aliphatic rings. The van der Waals surface area contributed by atoms with Crippen LogP contribution in [0.25, 0.3) is 0 Å². The molecule has 5 nitrogen and oxygen atoms in total. The molecule has 2 heterocycles. The van der Waals surface area contributed by atoms with E-state index >= 15 is 0 Å². The Bertz CT molecular complexity index is 437. The van der Waals surface area contributed by atoms with Crippen LogP contribution in [0, 0.1) is 12.8 Å². The first kappa shape index (κ1) is 13.1. The Balaban J connectivity index is 1.81. The Labute approximate surface area is 108 Å². The van der Waals surface area contributed by atoms with Crippen molar-refractivity contribution < 1.29 is 0 Å². The first-order chi connectivity index (χ1) is 8.63. The van der Waals surface area contributed by atoms with E-state index in [0.29, 0.717) is 17.6 Å². The van der Waals surface area contributed by atoms with Crippen LogP contribution in [0.4, 0.5) is 5.82 Å². The van der Waals surface area contributed by atoms with Crippen LogP contribution in [0.3, 0.4) is 0 Å². The highest BCUT2D eigenvalue weighted by Gasteiger charge is 2.14. The average Bonchev–Trinajstić information content (AvgIpc) is 2.78. The zero-order chi connectivity index (χ0) is 13.0. The molecule has 1 aromatic heterocycles. The minimum absolute atomic E-state index is 0.0998. The molecular formula is C13H22N4O. The van der Waals surface area contributed by atoms with Crippen molar-refractivity contribution >= 4 is 5.82 Å². The van der Waals surface area contributed by atoms with E-state index in [2.05, 4.69) is 27.1 Å². The monoisotopic (exact) mass is 250 g/mol. The van der Waals surface area contributed by atoms with E-state index in [9.17, 15) is 4.79 Å². The molecule has 1 saturated heterocycles. The summed E-state index contributed by atoms with van der Waals surface area (Å²) in [5.74, 6) is 1.88. The summed E-state index contributed by atoms with van der Waals surface area (Å²) in [6, 6.07) is 1.51. The summed E-state index contributed by atoms with van der Waals surface area (Å²) in [5.41, 5.74) is -0.0998. The first-order valence-electron chi connectivity index (χ1n) is 6.67. The molecule has 1 unspecified atom stereocenters. The van der Waals surface area contributed by atoms with Crippen LogP contribution in [0.1, 0.15) is 25.6 Å². The van der Waals surface area contributed by atoms with Gasteiger partial charge in [-0.25, -0.2) is 4.98 Å². The Morgan fingerprint density at radius 3 is 2.89 bits per heavy atom. The fourth-order valence-corrected chi connectivity index (χ4v) is 2.42. The molecule has 1 aromatic rings. The predicted octanol–water partition coefficient (Wildman–Crippen LogP) is 1.22. The van der Waals surface area contributed by atoms with Gasteiger partial charge in [0, 0.05) is 19.2 Å². The highest BCUT2D eigenvalue weighted by molar-refractivity contribution is 5.32. The number of anilines is 1. The molecule has 1 aliphatic heterocycles. The summed E-state index contributed by atoms with van der Waals surface area (Å²) in [5, 5.41) is 3.24. The smallest absolute Gasteiger partial charge is 0.252 e. The van der Waals surface area contributed by atoms with Gasteiger partial charge < -0.3 is 15.2 Å². The number of aryl methyl sites for hydroxylation is 1. The van der Waals surface area contributed by atoms with Gasteiger partial charge in [-0.15, -0.1) is 0 Å². The number of likely N-dealkylation sites (tertiary alicyclic amines) is 1. The standard InChI is InChI=1S/C13H22N4O/c1-10(9-17-5-3-4-6-17)8-14-12-7-13(18)16-11(2)15-12/h7,10H,3-6,8-9H2,1-2H3,(H2,14,15,16,18). The molecule has 0 radical (unpaired) electrons. The van der Waals surface area contributed by atoms with Crippen molar-refractivity contribution in [3.63, 3.8) is 0 Å². The van der Waals surface area contributed by atoms with Crippen LogP contribution in [-0.2, 0) is 0 Å². The average molecular weight is 250 g/mol. The molecule has 2 N–H and O–H groups in total. The van der Waals surface area contributed by atoms with Crippen LogP contribution in [-0.4, -0.2) is 41.0 Å². The van der Waals surface area contributed by atoms with Crippen molar-refractivity contribution in [2.45, 2.75) is 26.7 Å². The quantitative estimate of drug-likeness (QED) is 0.825. The zero-order valence-corrected chi connectivity index (χ0v) is 11.2. The van der Waals surface area contributed by atoms with E-state index in [1.165, 1.54) is 32.0 Å². The largest absolute Gasteiger partial charge is 0.370 e. The van der Waals surface area contributed by atoms with Crippen LogP contribution in [0.2, 0.25) is 0 Å². The molecule has 0 saturated carbocycles. The third-order valence-electron chi connectivity index (χ3n) is 3.26. The summed E-state index contributed by atoms with van der Waals surface area (Å²) in [6.07, 6.45) is 2.66. The molecule has 0 aliphatic carbocycles. The maximum atomic E-state index is 11.3. The number of hydrogen-bond donors (Lipinski definition) is 2. The van der Waals surface area contributed by atoms with Gasteiger partial charge in [0.2, 0.25) is 0 Å². The summed E-state index contributed by atoms with van der Waals surface area (Å²) in [4.78, 5) is 20.7. The molecule has 0 spiro atoms. The van der Waals surface area contributed by atoms with Crippen molar-refractivity contribution in [3.05, 3.63) is 22.2 Å². The molecule has 1 fully saturated rings. The second-order valence-corrected chi connectivity index (χ2v) is 5.21. The lowest BCUT2D eigenvalue weighted by atomic mass is 10.1. The van der Waals surface area contributed by atoms with Crippen molar-refractivity contribution in [3.8, 4) is 0 Å². The van der Waals surface area contributed by atoms with Gasteiger partial charge in [0.15, 0.2) is 0 Å². The van der Waals surface area contributed by atoms with E-state index in [4.69, 9.17) is 0 Å². The molecule has 0 amide bonds. The van der Waals surface area contributed by atoms with Gasteiger partial charge in [0.1, 0.15) is 11.6 Å². The number of rotatable bonds is 5. The highest BCUT2D eigenvalue weighted by Crippen LogP contribution is 2.10. The SMILES string of the molecule is Cc1nc(NCC(C)CN2CCCC2)cc(=O)[nH]1. The maximum absolute atomic E-state index is 11.3. The summed E-state index contributed by atoms with van der Waals surface area (Å²) < 4.78 is 0. The second kappa shape index (κ2) is 6.00. The van der Waals surface area contributed by atoms with Crippen LogP contribution >= 0.6 is 0 Å². The molecule has 2 rings (SSSR count). The summed E-state index contributed by atoms with van der Waals surface area (Å²) in [7, 11) is 0. The summed E-state index contributed by atoms with van der Waals surface area (Å²) in [6.45, 7) is 8.45. The van der Waals surface area contributed by atoms with Gasteiger partial charge in [-0.05, 0) is 38.8 Å². The van der Waals surface area contributed by atoms with Crippen molar-refractivity contribution in [2.24, 2.45) is 5.92 Å². The fraction of sp³-hybridized carbons (Fsp3) is 0.692. The molecule has 1 atom stereocenters. The van der Waals surface area contributed by atoms with Crippen LogP contribution < -0.4 is 10.9 Å². The molecule has 5 heteroatoms. The second-order valence-electron chi connectivity index (χ2n) is 5.21. The molecular weight excluding hydrogens is 228 g/mol. The number of H-pyrrole nitrogens is 1. The normalized spacial score (nSPS) is 17.9. The lowest BCUT2D eigenvalue weighted by Crippen LogP contribution is -2.29. The number of hydrogen-bond acceptors (Lipinski definition) is 4. The van der Waals surface area contributed by atoms with E-state index in [0.717, 1.165) is 13.1 Å². The van der Waals surface area contributed by atoms with Crippen molar-refractivity contribution in [2.75, 3.05) is 31.5 Å². The predicted molar refractivity (Wildman–Crippen MR) is 72.9 cm³/mol. The number of nitrogens with zero attached hydrogens (tertiary/aromatic N) is 2. The number of aromatic nitrogens is 2. The number of aromatic amines is 1. The molecule has 18 heavy (non-hydrogen) atoms. The van der Waals surface area contributed by atoms with E-state index < -0.39 is 0 Å². The zero-order valence-electron chi connectivity index (χ0n) is 11.2. The Morgan fingerprint density at radius 2 is 2.22 bits per heavy atom. The first-order valence-corrected chi connectivity index (χ1v) is 6.67. The van der Waals surface area contributed by atoms with Crippen LogP contribution in [0.5, 0.6) is 0 Å². The minimum Gasteiger partial charge on any atom is -0.370 e. The lowest BCUT2D eigenvalue weighted by molar-refractivity contribution is 0.294. The Hall–Kier alpha value is -1.36. The Morgan fingerprint density at radius 1 is 1.50 bits per heavy atom. The van der Waals surface area contributed by atoms with Gasteiger partial charge in [0.25, 0.3) is 5.56 Å². The van der Waals surface area contributed by atoms with Gasteiger partial charge in [-0.3, -0.25) is 4.79 Å². The van der Waals surface area contributed by atoms with E-state index in [1.807, 2.05) is 0 Å².